The number of furan rings is 1. The SMILES string of the molecule is O=C(C=Cc1ccco1)N1CCCc2cccc(O)c21. The minimum atomic E-state index is -0.149. The van der Waals surface area contributed by atoms with Gasteiger partial charge in [0.25, 0.3) is 5.91 Å². The van der Waals surface area contributed by atoms with Gasteiger partial charge in [-0.2, -0.15) is 0 Å². The molecule has 2 aromatic rings. The minimum absolute atomic E-state index is 0.149. The first-order valence-electron chi connectivity index (χ1n) is 6.59. The van der Waals surface area contributed by atoms with Gasteiger partial charge in [-0.3, -0.25) is 4.79 Å². The lowest BCUT2D eigenvalue weighted by Gasteiger charge is -2.29. The fourth-order valence-electron chi connectivity index (χ4n) is 2.48. The van der Waals surface area contributed by atoms with Crippen LogP contribution in [-0.2, 0) is 11.2 Å². The second kappa shape index (κ2) is 5.25. The van der Waals surface area contributed by atoms with E-state index in [1.54, 1.807) is 41.5 Å². The topological polar surface area (TPSA) is 53.7 Å². The molecule has 0 saturated carbocycles. The Kier molecular flexibility index (Phi) is 3.29. The van der Waals surface area contributed by atoms with Gasteiger partial charge < -0.3 is 14.4 Å². The average Bonchev–Trinajstić information content (AvgIpc) is 2.98. The van der Waals surface area contributed by atoms with Crippen LogP contribution >= 0.6 is 0 Å². The van der Waals surface area contributed by atoms with E-state index in [4.69, 9.17) is 4.42 Å². The van der Waals surface area contributed by atoms with Crippen LogP contribution in [0.1, 0.15) is 17.7 Å². The van der Waals surface area contributed by atoms with E-state index in [-0.39, 0.29) is 11.7 Å². The lowest BCUT2D eigenvalue weighted by atomic mass is 10.0. The molecule has 0 bridgehead atoms. The van der Waals surface area contributed by atoms with Gasteiger partial charge in [0.1, 0.15) is 11.5 Å². The smallest absolute Gasteiger partial charge is 0.251 e. The normalized spacial score (nSPS) is 14.5. The third-order valence-corrected chi connectivity index (χ3v) is 3.40. The Bertz CT molecular complexity index is 644. The van der Waals surface area contributed by atoms with E-state index in [1.807, 2.05) is 6.07 Å². The van der Waals surface area contributed by atoms with Crippen molar-refractivity contribution in [2.45, 2.75) is 12.8 Å². The number of amides is 1. The number of para-hydroxylation sites is 1. The maximum Gasteiger partial charge on any atom is 0.251 e. The zero-order valence-electron chi connectivity index (χ0n) is 11.0. The molecule has 0 atom stereocenters. The van der Waals surface area contributed by atoms with Crippen LogP contribution < -0.4 is 4.90 Å². The van der Waals surface area contributed by atoms with Gasteiger partial charge in [-0.15, -0.1) is 0 Å². The first kappa shape index (κ1) is 12.5. The molecule has 0 aliphatic carbocycles. The highest BCUT2D eigenvalue weighted by atomic mass is 16.3. The summed E-state index contributed by atoms with van der Waals surface area (Å²) in [5.74, 6) is 0.638. The van der Waals surface area contributed by atoms with Crippen LogP contribution in [0.15, 0.2) is 47.1 Å². The number of nitrogens with zero attached hydrogens (tertiary/aromatic N) is 1. The minimum Gasteiger partial charge on any atom is -0.506 e. The molecule has 0 spiro atoms. The third-order valence-electron chi connectivity index (χ3n) is 3.40. The molecular formula is C16H15NO3. The van der Waals surface area contributed by atoms with E-state index in [0.717, 1.165) is 18.4 Å². The highest BCUT2D eigenvalue weighted by molar-refractivity contribution is 6.05. The molecule has 1 N–H and O–H groups in total. The van der Waals surface area contributed by atoms with Crippen molar-refractivity contribution in [3.63, 3.8) is 0 Å². The van der Waals surface area contributed by atoms with Gasteiger partial charge in [0, 0.05) is 12.6 Å². The number of carbonyl (C=O) groups is 1. The second-order valence-corrected chi connectivity index (χ2v) is 4.73. The third kappa shape index (κ3) is 2.32. The van der Waals surface area contributed by atoms with E-state index in [2.05, 4.69) is 0 Å². The highest BCUT2D eigenvalue weighted by Crippen LogP contribution is 2.35. The van der Waals surface area contributed by atoms with Crippen LogP contribution in [0.3, 0.4) is 0 Å². The van der Waals surface area contributed by atoms with Crippen LogP contribution in [0.2, 0.25) is 0 Å². The van der Waals surface area contributed by atoms with Crippen LogP contribution in [0, 0.1) is 0 Å². The van der Waals surface area contributed by atoms with Gasteiger partial charge in [-0.05, 0) is 42.7 Å². The number of aromatic hydroxyl groups is 1. The number of fused-ring (bicyclic) bond motifs is 1. The molecule has 1 aliphatic rings. The molecule has 0 saturated heterocycles. The highest BCUT2D eigenvalue weighted by Gasteiger charge is 2.23. The number of aryl methyl sites for hydroxylation is 1. The summed E-state index contributed by atoms with van der Waals surface area (Å²) in [5.41, 5.74) is 1.64. The summed E-state index contributed by atoms with van der Waals surface area (Å²) in [6.07, 6.45) is 6.45. The van der Waals surface area contributed by atoms with Crippen molar-refractivity contribution >= 4 is 17.7 Å². The van der Waals surface area contributed by atoms with E-state index < -0.39 is 0 Å². The Hall–Kier alpha value is -2.49. The lowest BCUT2D eigenvalue weighted by molar-refractivity contribution is -0.114. The predicted molar refractivity (Wildman–Crippen MR) is 76.5 cm³/mol. The van der Waals surface area contributed by atoms with Crippen molar-refractivity contribution in [2.24, 2.45) is 0 Å². The summed E-state index contributed by atoms with van der Waals surface area (Å²) in [6.45, 7) is 0.617. The Morgan fingerprint density at radius 1 is 1.30 bits per heavy atom. The number of hydrogen-bond donors (Lipinski definition) is 1. The van der Waals surface area contributed by atoms with Gasteiger partial charge >= 0.3 is 0 Å². The molecule has 0 radical (unpaired) electrons. The fourth-order valence-corrected chi connectivity index (χ4v) is 2.48. The first-order valence-corrected chi connectivity index (χ1v) is 6.59. The number of rotatable bonds is 2. The number of anilines is 1. The van der Waals surface area contributed by atoms with Crippen LogP contribution in [0.25, 0.3) is 6.08 Å². The predicted octanol–water partition coefficient (Wildman–Crippen LogP) is 2.98. The van der Waals surface area contributed by atoms with Crippen molar-refractivity contribution in [1.29, 1.82) is 0 Å². The summed E-state index contributed by atoms with van der Waals surface area (Å²) in [5, 5.41) is 9.99. The molecule has 4 nitrogen and oxygen atoms in total. The average molecular weight is 269 g/mol. The number of phenolic OH excluding ortho intramolecular Hbond substituents is 1. The van der Waals surface area contributed by atoms with Crippen molar-refractivity contribution in [2.75, 3.05) is 11.4 Å². The van der Waals surface area contributed by atoms with Crippen molar-refractivity contribution in [3.8, 4) is 5.75 Å². The van der Waals surface area contributed by atoms with Crippen LogP contribution in [0.4, 0.5) is 5.69 Å². The summed E-state index contributed by atoms with van der Waals surface area (Å²) in [7, 11) is 0. The number of carbonyl (C=O) groups excluding carboxylic acids is 1. The van der Waals surface area contributed by atoms with Crippen molar-refractivity contribution in [3.05, 3.63) is 54.0 Å². The molecule has 1 amide bonds. The Morgan fingerprint density at radius 2 is 2.20 bits per heavy atom. The molecule has 3 rings (SSSR count). The largest absolute Gasteiger partial charge is 0.506 e. The Labute approximate surface area is 116 Å². The molecule has 20 heavy (non-hydrogen) atoms. The molecule has 1 aromatic carbocycles. The second-order valence-electron chi connectivity index (χ2n) is 4.73. The lowest BCUT2D eigenvalue weighted by Crippen LogP contribution is -2.34. The fraction of sp³-hybridized carbons (Fsp3) is 0.188. The van der Waals surface area contributed by atoms with E-state index in [1.165, 1.54) is 6.08 Å². The van der Waals surface area contributed by atoms with Gasteiger partial charge in [-0.1, -0.05) is 12.1 Å². The standard InChI is InChI=1S/C16H15NO3/c18-14-7-1-4-12-5-2-10-17(16(12)14)15(19)9-8-13-6-3-11-20-13/h1,3-4,6-9,11,18H,2,5,10H2. The van der Waals surface area contributed by atoms with Crippen molar-refractivity contribution < 1.29 is 14.3 Å². The monoisotopic (exact) mass is 269 g/mol. The van der Waals surface area contributed by atoms with Gasteiger partial charge in [-0.25, -0.2) is 0 Å². The van der Waals surface area contributed by atoms with E-state index in [9.17, 15) is 9.90 Å². The Balaban J connectivity index is 1.87. The van der Waals surface area contributed by atoms with Crippen LogP contribution in [-0.4, -0.2) is 17.6 Å². The Morgan fingerprint density at radius 3 is 3.00 bits per heavy atom. The molecule has 1 aromatic heterocycles. The van der Waals surface area contributed by atoms with Crippen molar-refractivity contribution in [1.82, 2.24) is 0 Å². The van der Waals surface area contributed by atoms with Gasteiger partial charge in [0.15, 0.2) is 0 Å². The molecular weight excluding hydrogens is 254 g/mol. The molecule has 2 heterocycles. The quantitative estimate of drug-likeness (QED) is 0.853. The maximum atomic E-state index is 12.3. The summed E-state index contributed by atoms with van der Waals surface area (Å²) >= 11 is 0. The number of hydrogen-bond acceptors (Lipinski definition) is 3. The van der Waals surface area contributed by atoms with Gasteiger partial charge in [0.05, 0.1) is 12.0 Å². The summed E-state index contributed by atoms with van der Waals surface area (Å²) < 4.78 is 5.16. The first-order chi connectivity index (χ1) is 9.75. The maximum absolute atomic E-state index is 12.3. The zero-order chi connectivity index (χ0) is 13.9. The van der Waals surface area contributed by atoms with E-state index in [0.29, 0.717) is 18.0 Å². The molecule has 0 unspecified atom stereocenters. The summed E-state index contributed by atoms with van der Waals surface area (Å²) in [6, 6.07) is 8.92. The molecule has 0 fully saturated rings. The number of benzene rings is 1. The van der Waals surface area contributed by atoms with Crippen LogP contribution in [0.5, 0.6) is 5.75 Å². The zero-order valence-corrected chi connectivity index (χ0v) is 11.0. The number of phenols is 1. The van der Waals surface area contributed by atoms with Gasteiger partial charge in [0.2, 0.25) is 0 Å². The van der Waals surface area contributed by atoms with E-state index >= 15 is 0 Å². The molecule has 4 heteroatoms. The molecule has 102 valence electrons. The summed E-state index contributed by atoms with van der Waals surface area (Å²) in [4.78, 5) is 13.9. The molecule has 1 aliphatic heterocycles.